The molecule has 1 fully saturated rings. The van der Waals surface area contributed by atoms with Crippen LogP contribution in [0.15, 0.2) is 24.3 Å². The molecule has 2 N–H and O–H groups in total. The molecule has 1 heterocycles. The number of anilines is 1. The van der Waals surface area contributed by atoms with E-state index < -0.39 is 42.0 Å². The van der Waals surface area contributed by atoms with Crippen molar-refractivity contribution >= 4 is 29.5 Å². The fourth-order valence-electron chi connectivity index (χ4n) is 2.47. The lowest BCUT2D eigenvalue weighted by molar-refractivity contribution is -0.155. The first-order chi connectivity index (χ1) is 12.7. The van der Waals surface area contributed by atoms with Crippen molar-refractivity contribution < 1.29 is 28.7 Å². The molecule has 0 aromatic heterocycles. The van der Waals surface area contributed by atoms with Crippen LogP contribution in [0.2, 0.25) is 0 Å². The Hall–Kier alpha value is -3.10. The normalized spacial score (nSPS) is 20.1. The third kappa shape index (κ3) is 4.55. The molecule has 1 aliphatic rings. The van der Waals surface area contributed by atoms with Gasteiger partial charge in [0, 0.05) is 5.69 Å². The predicted molar refractivity (Wildman–Crippen MR) is 96.1 cm³/mol. The van der Waals surface area contributed by atoms with Gasteiger partial charge >= 0.3 is 12.0 Å². The zero-order valence-electron chi connectivity index (χ0n) is 15.7. The van der Waals surface area contributed by atoms with Crippen molar-refractivity contribution in [2.75, 3.05) is 19.0 Å². The fourth-order valence-corrected chi connectivity index (χ4v) is 2.47. The van der Waals surface area contributed by atoms with Crippen LogP contribution in [-0.2, 0) is 19.1 Å². The number of esters is 1. The summed E-state index contributed by atoms with van der Waals surface area (Å²) in [6.07, 6.45) is -0.706. The Morgan fingerprint density at radius 3 is 2.41 bits per heavy atom. The number of rotatable bonds is 7. The highest BCUT2D eigenvalue weighted by Gasteiger charge is 2.47. The second-order valence-corrected chi connectivity index (χ2v) is 6.36. The Labute approximate surface area is 157 Å². The summed E-state index contributed by atoms with van der Waals surface area (Å²) in [5.41, 5.74) is -0.522. The Balaban J connectivity index is 1.90. The molecule has 0 spiro atoms. The Morgan fingerprint density at radius 2 is 1.89 bits per heavy atom. The molecule has 1 aliphatic heterocycles. The molecular formula is C18H23N3O6. The van der Waals surface area contributed by atoms with Gasteiger partial charge in [0.05, 0.1) is 7.11 Å². The first-order valence-electron chi connectivity index (χ1n) is 8.48. The van der Waals surface area contributed by atoms with E-state index in [1.807, 2.05) is 0 Å². The maximum atomic E-state index is 12.3. The molecule has 0 unspecified atom stereocenters. The molecule has 0 radical (unpaired) electrons. The molecule has 4 amide bonds. The molecule has 0 saturated carbocycles. The van der Waals surface area contributed by atoms with E-state index in [9.17, 15) is 19.2 Å². The van der Waals surface area contributed by atoms with Crippen LogP contribution in [-0.4, -0.2) is 54.0 Å². The molecular weight excluding hydrogens is 354 g/mol. The molecule has 0 aliphatic carbocycles. The number of imide groups is 1. The van der Waals surface area contributed by atoms with Crippen LogP contribution >= 0.6 is 0 Å². The van der Waals surface area contributed by atoms with E-state index in [1.54, 1.807) is 38.1 Å². The van der Waals surface area contributed by atoms with Crippen molar-refractivity contribution in [1.82, 2.24) is 10.2 Å². The summed E-state index contributed by atoms with van der Waals surface area (Å²) in [4.78, 5) is 49.1. The lowest BCUT2D eigenvalue weighted by atomic mass is 9.99. The van der Waals surface area contributed by atoms with Crippen molar-refractivity contribution in [2.24, 2.45) is 0 Å². The average Bonchev–Trinajstić information content (AvgIpc) is 2.86. The average molecular weight is 377 g/mol. The van der Waals surface area contributed by atoms with Gasteiger partial charge in [0.1, 0.15) is 17.8 Å². The van der Waals surface area contributed by atoms with Gasteiger partial charge in [-0.15, -0.1) is 0 Å². The number of nitrogens with zero attached hydrogens (tertiary/aromatic N) is 1. The molecule has 146 valence electrons. The second-order valence-electron chi connectivity index (χ2n) is 6.36. The SMILES string of the molecule is CC[C@]1(C)NC(=O)N(CC(=O)O[C@H](C)C(=O)Nc2ccc(OC)cc2)C1=O. The number of urea groups is 1. The van der Waals surface area contributed by atoms with Crippen LogP contribution in [0.3, 0.4) is 0 Å². The van der Waals surface area contributed by atoms with Crippen molar-refractivity contribution in [3.8, 4) is 5.75 Å². The largest absolute Gasteiger partial charge is 0.497 e. The summed E-state index contributed by atoms with van der Waals surface area (Å²) in [5, 5.41) is 5.14. The monoisotopic (exact) mass is 377 g/mol. The quantitative estimate of drug-likeness (QED) is 0.547. The van der Waals surface area contributed by atoms with Gasteiger partial charge in [0.2, 0.25) is 0 Å². The fraction of sp³-hybridized carbons (Fsp3) is 0.444. The summed E-state index contributed by atoms with van der Waals surface area (Å²) in [6, 6.07) is 5.98. The number of benzene rings is 1. The summed E-state index contributed by atoms with van der Waals surface area (Å²) in [6.45, 7) is 4.19. The summed E-state index contributed by atoms with van der Waals surface area (Å²) in [5.74, 6) is -1.25. The van der Waals surface area contributed by atoms with Crippen LogP contribution in [0.4, 0.5) is 10.5 Å². The number of hydrogen-bond acceptors (Lipinski definition) is 6. The van der Waals surface area contributed by atoms with Crippen molar-refractivity contribution in [2.45, 2.75) is 38.8 Å². The van der Waals surface area contributed by atoms with Gasteiger partial charge in [-0.05, 0) is 44.5 Å². The van der Waals surface area contributed by atoms with Gasteiger partial charge in [0.15, 0.2) is 6.10 Å². The van der Waals surface area contributed by atoms with E-state index in [2.05, 4.69) is 10.6 Å². The van der Waals surface area contributed by atoms with Gasteiger partial charge in [-0.25, -0.2) is 4.79 Å². The maximum Gasteiger partial charge on any atom is 0.327 e. The number of amides is 4. The number of hydrogen-bond donors (Lipinski definition) is 2. The third-order valence-electron chi connectivity index (χ3n) is 4.37. The van der Waals surface area contributed by atoms with Gasteiger partial charge in [0.25, 0.3) is 11.8 Å². The Kier molecular flexibility index (Phi) is 6.04. The zero-order chi connectivity index (χ0) is 20.2. The van der Waals surface area contributed by atoms with Gasteiger partial charge in [-0.3, -0.25) is 19.3 Å². The van der Waals surface area contributed by atoms with Crippen LogP contribution in [0.25, 0.3) is 0 Å². The van der Waals surface area contributed by atoms with E-state index in [0.29, 0.717) is 17.9 Å². The standard InChI is InChI=1S/C18H23N3O6/c1-5-18(3)16(24)21(17(25)20-18)10-14(22)27-11(2)15(23)19-12-6-8-13(26-4)9-7-12/h6-9,11H,5,10H2,1-4H3,(H,19,23)(H,20,25)/t11-,18+/m1/s1. The van der Waals surface area contributed by atoms with E-state index in [0.717, 1.165) is 4.90 Å². The number of nitrogens with one attached hydrogen (secondary N) is 2. The molecule has 0 bridgehead atoms. The highest BCUT2D eigenvalue weighted by molar-refractivity contribution is 6.08. The first kappa shape index (κ1) is 20.2. The Morgan fingerprint density at radius 1 is 1.26 bits per heavy atom. The summed E-state index contributed by atoms with van der Waals surface area (Å²) < 4.78 is 10.1. The Bertz CT molecular complexity index is 748. The highest BCUT2D eigenvalue weighted by Crippen LogP contribution is 2.20. The zero-order valence-corrected chi connectivity index (χ0v) is 15.7. The molecule has 2 rings (SSSR count). The van der Waals surface area contributed by atoms with Crippen molar-refractivity contribution in [3.05, 3.63) is 24.3 Å². The van der Waals surface area contributed by atoms with Crippen LogP contribution < -0.4 is 15.4 Å². The van der Waals surface area contributed by atoms with E-state index in [4.69, 9.17) is 9.47 Å². The number of methoxy groups -OCH3 is 1. The minimum atomic E-state index is -1.10. The molecule has 1 aromatic rings. The third-order valence-corrected chi connectivity index (χ3v) is 4.37. The molecule has 27 heavy (non-hydrogen) atoms. The highest BCUT2D eigenvalue weighted by atomic mass is 16.5. The van der Waals surface area contributed by atoms with Crippen molar-refractivity contribution in [1.29, 1.82) is 0 Å². The van der Waals surface area contributed by atoms with E-state index in [-0.39, 0.29) is 0 Å². The maximum absolute atomic E-state index is 12.3. The topological polar surface area (TPSA) is 114 Å². The minimum absolute atomic E-state index is 0.393. The van der Waals surface area contributed by atoms with Gasteiger partial charge in [-0.2, -0.15) is 0 Å². The second kappa shape index (κ2) is 8.07. The predicted octanol–water partition coefficient (Wildman–Crippen LogP) is 1.29. The molecule has 2 atom stereocenters. The van der Waals surface area contributed by atoms with Crippen molar-refractivity contribution in [3.63, 3.8) is 0 Å². The lowest BCUT2D eigenvalue weighted by Crippen LogP contribution is -2.44. The first-order valence-corrected chi connectivity index (χ1v) is 8.48. The van der Waals surface area contributed by atoms with Gasteiger partial charge in [-0.1, -0.05) is 6.92 Å². The molecule has 9 nitrogen and oxygen atoms in total. The van der Waals surface area contributed by atoms with Crippen LogP contribution in [0.1, 0.15) is 27.2 Å². The van der Waals surface area contributed by atoms with E-state index >= 15 is 0 Å². The lowest BCUT2D eigenvalue weighted by Gasteiger charge is -2.19. The summed E-state index contributed by atoms with van der Waals surface area (Å²) in [7, 11) is 1.53. The summed E-state index contributed by atoms with van der Waals surface area (Å²) >= 11 is 0. The van der Waals surface area contributed by atoms with E-state index in [1.165, 1.54) is 14.0 Å². The molecule has 9 heteroatoms. The molecule has 1 aromatic carbocycles. The van der Waals surface area contributed by atoms with Crippen LogP contribution in [0.5, 0.6) is 5.75 Å². The number of carbonyl (C=O) groups excluding carboxylic acids is 4. The number of carbonyl (C=O) groups is 4. The minimum Gasteiger partial charge on any atom is -0.497 e. The van der Waals surface area contributed by atoms with Gasteiger partial charge < -0.3 is 20.1 Å². The molecule has 1 saturated heterocycles. The smallest absolute Gasteiger partial charge is 0.327 e. The number of ether oxygens (including phenoxy) is 2. The van der Waals surface area contributed by atoms with Crippen LogP contribution in [0, 0.1) is 0 Å².